The number of nitrogens with one attached hydrogen (secondary N) is 1. The highest BCUT2D eigenvalue weighted by Gasteiger charge is 2.17. The van der Waals surface area contributed by atoms with E-state index >= 15 is 0 Å². The van der Waals surface area contributed by atoms with Crippen molar-refractivity contribution in [1.29, 1.82) is 5.26 Å². The molecule has 3 aromatic rings. The zero-order chi connectivity index (χ0) is 21.3. The van der Waals surface area contributed by atoms with E-state index in [4.69, 9.17) is 24.8 Å². The zero-order valence-electron chi connectivity index (χ0n) is 16.0. The minimum atomic E-state index is -0.250. The first-order chi connectivity index (χ1) is 14.7. The highest BCUT2D eigenvalue weighted by molar-refractivity contribution is 5.78. The zero-order valence-corrected chi connectivity index (χ0v) is 16.0. The number of pyridine rings is 1. The van der Waals surface area contributed by atoms with Gasteiger partial charge in [-0.2, -0.15) is 5.26 Å². The molecule has 154 valence electrons. The van der Waals surface area contributed by atoms with Gasteiger partial charge in [0.1, 0.15) is 23.1 Å². The van der Waals surface area contributed by atoms with Crippen LogP contribution in [0.2, 0.25) is 0 Å². The van der Waals surface area contributed by atoms with E-state index in [0.29, 0.717) is 35.1 Å². The van der Waals surface area contributed by atoms with Crippen molar-refractivity contribution >= 4 is 18.2 Å². The average molecular weight is 408 g/mol. The summed E-state index contributed by atoms with van der Waals surface area (Å²) in [5.41, 5.74) is 8.11. The van der Waals surface area contributed by atoms with Crippen LogP contribution in [0.15, 0.2) is 41.3 Å². The summed E-state index contributed by atoms with van der Waals surface area (Å²) in [6.07, 6.45) is 7.21. The van der Waals surface area contributed by atoms with Crippen molar-refractivity contribution < 1.29 is 19.1 Å². The number of hydrogen-bond acceptors (Lipinski definition) is 9. The van der Waals surface area contributed by atoms with Gasteiger partial charge in [0.25, 0.3) is 6.47 Å². The Morgan fingerprint density at radius 1 is 1.40 bits per heavy atom. The summed E-state index contributed by atoms with van der Waals surface area (Å²) in [6, 6.07) is 7.41. The molecule has 4 N–H and O–H groups in total. The molecule has 1 saturated heterocycles. The number of carbonyl (C=O) groups is 1. The van der Waals surface area contributed by atoms with Gasteiger partial charge in [-0.15, -0.1) is 0 Å². The molecule has 4 heterocycles. The molecule has 1 unspecified atom stereocenters. The molecular weight excluding hydrogens is 388 g/mol. The Hall–Kier alpha value is -3.97. The molecule has 1 fully saturated rings. The number of anilines is 2. The largest absolute Gasteiger partial charge is 0.483 e. The number of nitrogen functional groups attached to an aromatic ring is 1. The van der Waals surface area contributed by atoms with Gasteiger partial charge in [-0.25, -0.2) is 15.0 Å². The van der Waals surface area contributed by atoms with E-state index < -0.39 is 0 Å². The maximum Gasteiger partial charge on any atom is 0.290 e. The predicted molar refractivity (Wildman–Crippen MR) is 108 cm³/mol. The van der Waals surface area contributed by atoms with Crippen LogP contribution in [0.4, 0.5) is 11.8 Å². The van der Waals surface area contributed by atoms with Crippen LogP contribution in [0.1, 0.15) is 18.4 Å². The Morgan fingerprint density at radius 2 is 2.17 bits per heavy atom. The topological polar surface area (TPSA) is 160 Å². The van der Waals surface area contributed by atoms with Gasteiger partial charge in [-0.1, -0.05) is 0 Å². The standard InChI is InChI=1S/C19H18N6O2.CH2O2/c20-8-15-14(7-16(25-18(15)21)17-4-2-6-27-17)12-9-22-19(23-10-12)24-11-13-3-1-5-26-13;2-1-3/h2,4,6-7,9-10,13H,1,3,5,11H2,(H2,21,25)(H,22,23,24);1H,(H,2,3). The molecule has 1 aliphatic heterocycles. The Labute approximate surface area is 172 Å². The Balaban J connectivity index is 0.000000806. The molecule has 0 radical (unpaired) electrons. The van der Waals surface area contributed by atoms with Crippen LogP contribution < -0.4 is 11.1 Å². The minimum Gasteiger partial charge on any atom is -0.483 e. The maximum absolute atomic E-state index is 9.48. The molecule has 0 saturated carbocycles. The minimum absolute atomic E-state index is 0.141. The molecule has 1 aliphatic rings. The van der Waals surface area contributed by atoms with Gasteiger partial charge >= 0.3 is 0 Å². The predicted octanol–water partition coefficient (Wildman–Crippen LogP) is 2.54. The summed E-state index contributed by atoms with van der Waals surface area (Å²) in [7, 11) is 0. The van der Waals surface area contributed by atoms with Crippen LogP contribution in [0.5, 0.6) is 0 Å². The lowest BCUT2D eigenvalue weighted by atomic mass is 10.0. The number of furan rings is 1. The van der Waals surface area contributed by atoms with Gasteiger partial charge < -0.3 is 25.3 Å². The maximum atomic E-state index is 9.48. The first-order valence-electron chi connectivity index (χ1n) is 9.16. The van der Waals surface area contributed by atoms with Crippen molar-refractivity contribution in [2.75, 3.05) is 24.2 Å². The van der Waals surface area contributed by atoms with E-state index in [1.165, 1.54) is 0 Å². The fourth-order valence-corrected chi connectivity index (χ4v) is 3.03. The van der Waals surface area contributed by atoms with Gasteiger partial charge in [0.15, 0.2) is 5.76 Å². The van der Waals surface area contributed by atoms with Crippen LogP contribution >= 0.6 is 0 Å². The smallest absolute Gasteiger partial charge is 0.290 e. The summed E-state index contributed by atoms with van der Waals surface area (Å²) in [5, 5.41) is 19.5. The van der Waals surface area contributed by atoms with Crippen LogP contribution in [0.25, 0.3) is 22.6 Å². The van der Waals surface area contributed by atoms with E-state index in [0.717, 1.165) is 19.4 Å². The van der Waals surface area contributed by atoms with Crippen molar-refractivity contribution in [3.8, 4) is 28.7 Å². The highest BCUT2D eigenvalue weighted by Crippen LogP contribution is 2.30. The number of aromatic nitrogens is 3. The molecule has 10 nitrogen and oxygen atoms in total. The number of nitriles is 1. The summed E-state index contributed by atoms with van der Waals surface area (Å²) < 4.78 is 11.0. The van der Waals surface area contributed by atoms with Gasteiger partial charge in [-0.05, 0) is 31.0 Å². The van der Waals surface area contributed by atoms with Gasteiger partial charge in [0, 0.05) is 36.7 Å². The lowest BCUT2D eigenvalue weighted by Gasteiger charge is -2.11. The molecule has 3 aromatic heterocycles. The number of rotatable bonds is 5. The molecule has 0 spiro atoms. The van der Waals surface area contributed by atoms with Gasteiger partial charge in [0.05, 0.1) is 12.4 Å². The quantitative estimate of drug-likeness (QED) is 0.535. The molecule has 0 aromatic carbocycles. The lowest BCUT2D eigenvalue weighted by Crippen LogP contribution is -2.19. The Kier molecular flexibility index (Phi) is 6.91. The summed E-state index contributed by atoms with van der Waals surface area (Å²) in [6.45, 7) is 1.23. The fourth-order valence-electron chi connectivity index (χ4n) is 3.03. The number of carboxylic acid groups (broad SMARTS) is 1. The van der Waals surface area contributed by atoms with E-state index in [2.05, 4.69) is 26.3 Å². The van der Waals surface area contributed by atoms with Crippen molar-refractivity contribution in [1.82, 2.24) is 15.0 Å². The van der Waals surface area contributed by atoms with E-state index in [9.17, 15) is 5.26 Å². The van der Waals surface area contributed by atoms with Crippen LogP contribution in [0.3, 0.4) is 0 Å². The van der Waals surface area contributed by atoms with Crippen molar-refractivity contribution in [2.45, 2.75) is 18.9 Å². The average Bonchev–Trinajstić information content (AvgIpc) is 3.47. The second-order valence-electron chi connectivity index (χ2n) is 6.32. The molecular formula is C20H20N6O4. The summed E-state index contributed by atoms with van der Waals surface area (Å²) in [5.74, 6) is 1.23. The second kappa shape index (κ2) is 9.99. The molecule has 30 heavy (non-hydrogen) atoms. The summed E-state index contributed by atoms with van der Waals surface area (Å²) in [4.78, 5) is 21.3. The lowest BCUT2D eigenvalue weighted by molar-refractivity contribution is -0.122. The normalized spacial score (nSPS) is 15.0. The van der Waals surface area contributed by atoms with Gasteiger partial charge in [0.2, 0.25) is 5.95 Å². The van der Waals surface area contributed by atoms with Crippen LogP contribution in [-0.2, 0) is 9.53 Å². The van der Waals surface area contributed by atoms with Crippen LogP contribution in [-0.4, -0.2) is 45.8 Å². The van der Waals surface area contributed by atoms with Crippen molar-refractivity contribution in [2.24, 2.45) is 0 Å². The monoisotopic (exact) mass is 408 g/mol. The van der Waals surface area contributed by atoms with Crippen molar-refractivity contribution in [3.63, 3.8) is 0 Å². The molecule has 0 amide bonds. The van der Waals surface area contributed by atoms with E-state index in [1.54, 1.807) is 36.9 Å². The number of ether oxygens (including phenoxy) is 1. The highest BCUT2D eigenvalue weighted by atomic mass is 16.5. The van der Waals surface area contributed by atoms with E-state index in [-0.39, 0.29) is 24.0 Å². The number of hydrogen-bond donors (Lipinski definition) is 3. The SMILES string of the molecule is N#Cc1c(-c2cnc(NCC3CCCO3)nc2)cc(-c2ccco2)nc1N.O=CO. The van der Waals surface area contributed by atoms with Gasteiger partial charge in [-0.3, -0.25) is 4.79 Å². The van der Waals surface area contributed by atoms with Crippen LogP contribution in [0, 0.1) is 11.3 Å². The Bertz CT molecular complexity index is 1010. The Morgan fingerprint density at radius 3 is 2.77 bits per heavy atom. The first kappa shape index (κ1) is 20.8. The molecule has 0 aliphatic carbocycles. The molecule has 1 atom stereocenters. The third-order valence-corrected chi connectivity index (χ3v) is 4.41. The number of nitrogens with zero attached hydrogens (tertiary/aromatic N) is 4. The summed E-state index contributed by atoms with van der Waals surface area (Å²) >= 11 is 0. The first-order valence-corrected chi connectivity index (χ1v) is 9.16. The molecule has 4 rings (SSSR count). The van der Waals surface area contributed by atoms with E-state index in [1.807, 2.05) is 0 Å². The fraction of sp³-hybridized carbons (Fsp3) is 0.250. The third kappa shape index (κ3) is 4.89. The number of nitrogens with two attached hydrogens (primary N) is 1. The molecule has 10 heteroatoms. The third-order valence-electron chi connectivity index (χ3n) is 4.41. The van der Waals surface area contributed by atoms with Crippen molar-refractivity contribution in [3.05, 3.63) is 42.4 Å². The molecule has 0 bridgehead atoms. The second-order valence-corrected chi connectivity index (χ2v) is 6.32.